The standard InChI is InChI=1S/C36H40ClFN8O2/c1-42-15-4-8-28(42)24-48-36-40-31-23-44(32-10-3-7-25-6-2-9-30(37)34(25)32)17-13-29(31)35(41-36)45-18-19-46(27(22-45)12-14-39)33(47)11-5-16-43-20-26(38)21-43/h2-3,6-7,9-10,26-28H,4,8,12-13,15-24H2,1H3/t27-,28-/m0/s1. The average Bonchev–Trinajstić information content (AvgIpc) is 3.50. The van der Waals surface area contributed by atoms with Crippen LogP contribution in [-0.4, -0.2) is 115 Å². The van der Waals surface area contributed by atoms with Gasteiger partial charge in [0.1, 0.15) is 18.6 Å². The first-order valence-electron chi connectivity index (χ1n) is 16.8. The highest BCUT2D eigenvalue weighted by Crippen LogP contribution is 2.37. The van der Waals surface area contributed by atoms with Crippen molar-refractivity contribution in [3.63, 3.8) is 0 Å². The molecule has 12 heteroatoms. The molecule has 1 aromatic heterocycles. The van der Waals surface area contributed by atoms with Gasteiger partial charge < -0.3 is 24.3 Å². The molecule has 1 amide bonds. The molecule has 4 aliphatic heterocycles. The lowest BCUT2D eigenvalue weighted by Gasteiger charge is -2.42. The maximum Gasteiger partial charge on any atom is 0.318 e. The van der Waals surface area contributed by atoms with Crippen LogP contribution in [0.25, 0.3) is 10.8 Å². The summed E-state index contributed by atoms with van der Waals surface area (Å²) in [6.45, 7) is 5.39. The molecule has 3 saturated heterocycles. The van der Waals surface area contributed by atoms with E-state index in [1.165, 1.54) is 0 Å². The summed E-state index contributed by atoms with van der Waals surface area (Å²) in [6.07, 6.45) is 2.32. The van der Waals surface area contributed by atoms with Crippen LogP contribution in [0.15, 0.2) is 36.4 Å². The first-order valence-corrected chi connectivity index (χ1v) is 17.2. The van der Waals surface area contributed by atoms with Gasteiger partial charge in [0.25, 0.3) is 5.91 Å². The Labute approximate surface area is 286 Å². The van der Waals surface area contributed by atoms with Crippen molar-refractivity contribution in [1.82, 2.24) is 24.7 Å². The Morgan fingerprint density at radius 1 is 1.06 bits per heavy atom. The zero-order valence-electron chi connectivity index (χ0n) is 27.2. The summed E-state index contributed by atoms with van der Waals surface area (Å²) in [5.74, 6) is 6.14. The van der Waals surface area contributed by atoms with E-state index in [0.717, 1.165) is 70.9 Å². The molecule has 3 aromatic rings. The number of rotatable bonds is 7. The van der Waals surface area contributed by atoms with Crippen molar-refractivity contribution >= 4 is 39.8 Å². The van der Waals surface area contributed by atoms with Crippen LogP contribution in [0.1, 0.15) is 30.5 Å². The van der Waals surface area contributed by atoms with Gasteiger partial charge in [-0.15, -0.1) is 0 Å². The van der Waals surface area contributed by atoms with E-state index in [2.05, 4.69) is 63.9 Å². The molecule has 0 aliphatic carbocycles. The molecular formula is C36H40ClFN8O2. The lowest BCUT2D eigenvalue weighted by molar-refractivity contribution is -0.127. The third-order valence-electron chi connectivity index (χ3n) is 10.1. The Morgan fingerprint density at radius 3 is 2.67 bits per heavy atom. The molecule has 5 heterocycles. The largest absolute Gasteiger partial charge is 0.462 e. The molecule has 10 nitrogen and oxygen atoms in total. The molecule has 2 atom stereocenters. The van der Waals surface area contributed by atoms with Crippen LogP contribution in [0.5, 0.6) is 6.01 Å². The lowest BCUT2D eigenvalue weighted by Crippen LogP contribution is -2.55. The highest BCUT2D eigenvalue weighted by molar-refractivity contribution is 6.36. The Balaban J connectivity index is 1.15. The van der Waals surface area contributed by atoms with Gasteiger partial charge in [-0.05, 0) is 56.3 Å². The molecule has 0 N–H and O–H groups in total. The second-order valence-corrected chi connectivity index (χ2v) is 13.6. The normalized spacial score (nSPS) is 21.8. The number of likely N-dealkylation sites (N-methyl/N-ethyl adjacent to an activating group) is 1. The number of piperazine rings is 1. The number of likely N-dealkylation sites (tertiary alicyclic amines) is 2. The maximum absolute atomic E-state index is 13.2. The number of nitriles is 1. The predicted molar refractivity (Wildman–Crippen MR) is 184 cm³/mol. The van der Waals surface area contributed by atoms with Crippen molar-refractivity contribution < 1.29 is 13.9 Å². The van der Waals surface area contributed by atoms with E-state index >= 15 is 0 Å². The first-order chi connectivity index (χ1) is 23.4. The molecule has 0 spiro atoms. The van der Waals surface area contributed by atoms with Crippen LogP contribution in [-0.2, 0) is 17.8 Å². The highest BCUT2D eigenvalue weighted by Gasteiger charge is 2.34. The summed E-state index contributed by atoms with van der Waals surface area (Å²) in [4.78, 5) is 33.5. The molecular weight excluding hydrogens is 631 g/mol. The quantitative estimate of drug-likeness (QED) is 0.347. The predicted octanol–water partition coefficient (Wildman–Crippen LogP) is 3.91. The summed E-state index contributed by atoms with van der Waals surface area (Å²) < 4.78 is 19.5. The summed E-state index contributed by atoms with van der Waals surface area (Å²) in [5, 5.41) is 12.5. The van der Waals surface area contributed by atoms with Gasteiger partial charge in [-0.3, -0.25) is 9.69 Å². The fraction of sp³-hybridized carbons (Fsp3) is 0.500. The minimum atomic E-state index is -0.808. The molecule has 0 bridgehead atoms. The Morgan fingerprint density at radius 2 is 1.90 bits per heavy atom. The van der Waals surface area contributed by atoms with Gasteiger partial charge in [-0.25, -0.2) is 4.39 Å². The van der Waals surface area contributed by atoms with E-state index in [9.17, 15) is 14.4 Å². The van der Waals surface area contributed by atoms with Crippen molar-refractivity contribution in [2.75, 3.05) is 75.8 Å². The van der Waals surface area contributed by atoms with Crippen LogP contribution in [0, 0.1) is 23.2 Å². The molecule has 0 radical (unpaired) electrons. The van der Waals surface area contributed by atoms with Crippen LogP contribution in [0.2, 0.25) is 5.02 Å². The molecule has 48 heavy (non-hydrogen) atoms. The SMILES string of the molecule is CN1CCC[C@H]1COc1nc2c(c(N3CCN(C(=O)C#CCN4CC(F)C4)[C@@H](CC#N)C3)n1)CCN(c1cccc3cccc(Cl)c13)C2. The fourth-order valence-corrected chi connectivity index (χ4v) is 7.63. The van der Waals surface area contributed by atoms with Crippen molar-refractivity contribution in [3.8, 4) is 23.9 Å². The number of hydrogen-bond acceptors (Lipinski definition) is 9. The molecule has 0 unspecified atom stereocenters. The number of amides is 1. The van der Waals surface area contributed by atoms with Crippen LogP contribution in [0.3, 0.4) is 0 Å². The third-order valence-corrected chi connectivity index (χ3v) is 10.4. The average molecular weight is 671 g/mol. The number of aromatic nitrogens is 2. The van der Waals surface area contributed by atoms with Crippen LogP contribution >= 0.6 is 11.6 Å². The third kappa shape index (κ3) is 6.73. The first kappa shape index (κ1) is 32.4. The van der Waals surface area contributed by atoms with E-state index in [-0.39, 0.29) is 18.4 Å². The molecule has 4 aliphatic rings. The van der Waals surface area contributed by atoms with E-state index in [1.807, 2.05) is 17.0 Å². The Bertz CT molecular complexity index is 1780. The monoisotopic (exact) mass is 670 g/mol. The van der Waals surface area contributed by atoms with Gasteiger partial charge >= 0.3 is 6.01 Å². The number of hydrogen-bond donors (Lipinski definition) is 0. The van der Waals surface area contributed by atoms with Crippen molar-refractivity contribution in [2.24, 2.45) is 0 Å². The minimum Gasteiger partial charge on any atom is -0.462 e. The topological polar surface area (TPSA) is 92.1 Å². The smallest absolute Gasteiger partial charge is 0.318 e. The summed E-state index contributed by atoms with van der Waals surface area (Å²) in [7, 11) is 2.12. The second-order valence-electron chi connectivity index (χ2n) is 13.2. The van der Waals surface area contributed by atoms with Gasteiger partial charge in [-0.2, -0.15) is 15.2 Å². The molecule has 2 aromatic carbocycles. The van der Waals surface area contributed by atoms with Crippen molar-refractivity contribution in [3.05, 3.63) is 52.7 Å². The zero-order valence-corrected chi connectivity index (χ0v) is 28.0. The van der Waals surface area contributed by atoms with Gasteiger partial charge in [0.05, 0.1) is 42.3 Å². The maximum atomic E-state index is 13.2. The summed E-state index contributed by atoms with van der Waals surface area (Å²) in [5.41, 5.74) is 3.05. The van der Waals surface area contributed by atoms with E-state index < -0.39 is 6.17 Å². The lowest BCUT2D eigenvalue weighted by atomic mass is 10.0. The number of carbonyl (C=O) groups excluding carboxylic acids is 1. The fourth-order valence-electron chi connectivity index (χ4n) is 7.35. The molecule has 0 saturated carbocycles. The summed E-state index contributed by atoms with van der Waals surface area (Å²) >= 11 is 6.72. The molecule has 3 fully saturated rings. The molecule has 250 valence electrons. The highest BCUT2D eigenvalue weighted by atomic mass is 35.5. The Kier molecular flexibility index (Phi) is 9.54. The van der Waals surface area contributed by atoms with Gasteiger partial charge in [0, 0.05) is 61.9 Å². The number of alkyl halides is 1. The number of nitrogens with zero attached hydrogens (tertiary/aromatic N) is 8. The molecule has 7 rings (SSSR count). The van der Waals surface area contributed by atoms with Gasteiger partial charge in [-0.1, -0.05) is 41.8 Å². The number of anilines is 2. The zero-order chi connectivity index (χ0) is 33.2. The van der Waals surface area contributed by atoms with Crippen LogP contribution < -0.4 is 14.5 Å². The van der Waals surface area contributed by atoms with Gasteiger partial charge in [0.2, 0.25) is 0 Å². The van der Waals surface area contributed by atoms with E-state index in [1.54, 1.807) is 4.90 Å². The number of fused-ring (bicyclic) bond motifs is 2. The second kappa shape index (κ2) is 14.1. The van der Waals surface area contributed by atoms with Gasteiger partial charge in [0.15, 0.2) is 0 Å². The number of benzene rings is 2. The minimum absolute atomic E-state index is 0.180. The number of ether oxygens (including phenoxy) is 1. The number of halogens is 2. The number of carbonyl (C=O) groups is 1. The van der Waals surface area contributed by atoms with Crippen molar-refractivity contribution in [1.29, 1.82) is 5.26 Å². The van der Waals surface area contributed by atoms with E-state index in [0.29, 0.717) is 64.5 Å². The van der Waals surface area contributed by atoms with Crippen LogP contribution in [0.4, 0.5) is 15.9 Å². The Hall–Kier alpha value is -4.16. The summed E-state index contributed by atoms with van der Waals surface area (Å²) in [6, 6.07) is 14.8. The van der Waals surface area contributed by atoms with Crippen molar-refractivity contribution in [2.45, 2.75) is 50.5 Å². The van der Waals surface area contributed by atoms with E-state index in [4.69, 9.17) is 26.3 Å².